The number of anilines is 3. The quantitative estimate of drug-likeness (QED) is 0.0130. The first-order valence-electron chi connectivity index (χ1n) is 30.1. The van der Waals surface area contributed by atoms with E-state index in [-0.39, 0.29) is 0 Å². The van der Waals surface area contributed by atoms with Crippen LogP contribution in [0, 0.1) is 20.8 Å². The molecule has 6 aromatic rings. The highest BCUT2D eigenvalue weighted by Gasteiger charge is 2.06. The van der Waals surface area contributed by atoms with Crippen LogP contribution in [0.15, 0.2) is 140 Å². The monoisotopic (exact) mass is 1090 g/mol. The van der Waals surface area contributed by atoms with E-state index in [4.69, 9.17) is 10.5 Å². The molecule has 6 aromatic carbocycles. The van der Waals surface area contributed by atoms with Crippen LogP contribution >= 0.6 is 0 Å². The summed E-state index contributed by atoms with van der Waals surface area (Å²) in [7, 11) is 0. The van der Waals surface area contributed by atoms with E-state index < -0.39 is 0 Å². The fourth-order valence-corrected chi connectivity index (χ4v) is 8.67. The predicted octanol–water partition coefficient (Wildman–Crippen LogP) is 11.6. The average Bonchev–Trinajstić information content (AvgIpc) is 3.48. The summed E-state index contributed by atoms with van der Waals surface area (Å²) in [6, 6.07) is 49.0. The largest absolute Gasteiger partial charge is 0.457 e. The van der Waals surface area contributed by atoms with Gasteiger partial charge in [0.2, 0.25) is 0 Å². The Balaban J connectivity index is 0.000000264. The normalized spacial score (nSPS) is 10.8. The number of benzene rings is 6. The maximum Gasteiger partial charge on any atom is 0.129 e. The molecule has 0 radical (unpaired) electrons. The van der Waals surface area contributed by atoms with Crippen molar-refractivity contribution in [2.24, 2.45) is 5.73 Å². The summed E-state index contributed by atoms with van der Waals surface area (Å²) in [5.74, 6) is 1.73. The molecule has 13 heteroatoms. The number of aryl methyl sites for hydroxylation is 3. The van der Waals surface area contributed by atoms with Crippen LogP contribution in [0.2, 0.25) is 0 Å². The number of nitrogens with two attached hydrogens (primary N) is 1. The Kier molecular flexibility index (Phi) is 36.6. The van der Waals surface area contributed by atoms with Gasteiger partial charge in [0.25, 0.3) is 0 Å². The Morgan fingerprint density at radius 1 is 0.338 bits per heavy atom. The van der Waals surface area contributed by atoms with Crippen molar-refractivity contribution < 1.29 is 4.74 Å². The Morgan fingerprint density at radius 3 is 1.23 bits per heavy atom. The molecule has 0 aliphatic carbocycles. The standard InChI is InChI=1S/C27H46N6.C20H29N3O.C20H29N3/c1-3-12-31-22-32-16-6-17-33-27-19-23(2)18-26(20-27)25-9-7-24(8-10-25)21-30-15-5-14-29-13-4-11-28;1-3-10-21-16-22-11-7-12-23-18-13-17(2)14-20(15-18)24-19-8-5-4-6-9-19;1-3-10-21-16-22-11-7-12-23-20-14-17(2)13-19(15-20)18-8-5-4-6-9-18/h7-10,18-20,29-33H,3-6,11-17,21-22,28H2,1-2H3;4-6,8-9,13-15,21-23H,3,7,10-12,16H2,1-2H3;4-6,8-9,13-15,21-23H,3,7,10-12,16H2,1-2H3. The smallest absolute Gasteiger partial charge is 0.129 e. The van der Waals surface area contributed by atoms with Crippen molar-refractivity contribution in [3.8, 4) is 33.8 Å². The average molecular weight is 1090 g/mol. The highest BCUT2D eigenvalue weighted by Crippen LogP contribution is 2.28. The van der Waals surface area contributed by atoms with Gasteiger partial charge in [-0.3, -0.25) is 0 Å². The molecule has 0 saturated carbocycles. The maximum atomic E-state index is 5.92. The van der Waals surface area contributed by atoms with Crippen molar-refractivity contribution in [2.45, 2.75) is 99.5 Å². The van der Waals surface area contributed by atoms with Crippen LogP contribution in [0.1, 0.15) is 94.4 Å². The van der Waals surface area contributed by atoms with Crippen LogP contribution in [-0.2, 0) is 6.54 Å². The lowest BCUT2D eigenvalue weighted by Crippen LogP contribution is -2.30. The zero-order valence-corrected chi connectivity index (χ0v) is 49.9. The summed E-state index contributed by atoms with van der Waals surface area (Å²) in [5.41, 5.74) is 19.1. The molecule has 0 amide bonds. The third kappa shape index (κ3) is 31.2. The van der Waals surface area contributed by atoms with E-state index in [1.165, 1.54) is 75.1 Å². The fourth-order valence-electron chi connectivity index (χ4n) is 8.67. The Bertz CT molecular complexity index is 2440. The third-order valence-electron chi connectivity index (χ3n) is 12.8. The molecule has 438 valence electrons. The van der Waals surface area contributed by atoms with Crippen LogP contribution in [0.3, 0.4) is 0 Å². The van der Waals surface area contributed by atoms with E-state index in [0.29, 0.717) is 0 Å². The number of para-hydroxylation sites is 1. The number of nitrogens with one attached hydrogen (secondary N) is 11. The molecular weight excluding hydrogens is 989 g/mol. The molecule has 0 fully saturated rings. The molecular formula is C67H104N12O. The zero-order valence-electron chi connectivity index (χ0n) is 49.9. The molecule has 0 aliphatic rings. The summed E-state index contributed by atoms with van der Waals surface area (Å²) in [4.78, 5) is 0. The lowest BCUT2D eigenvalue weighted by Gasteiger charge is -2.12. The topological polar surface area (TPSA) is 168 Å². The predicted molar refractivity (Wildman–Crippen MR) is 347 cm³/mol. The van der Waals surface area contributed by atoms with E-state index in [1.54, 1.807) is 0 Å². The third-order valence-corrected chi connectivity index (χ3v) is 12.8. The minimum atomic E-state index is 0.761. The van der Waals surface area contributed by atoms with E-state index in [0.717, 1.165) is 161 Å². The molecule has 0 aliphatic heterocycles. The van der Waals surface area contributed by atoms with Crippen molar-refractivity contribution in [3.63, 3.8) is 0 Å². The van der Waals surface area contributed by atoms with Gasteiger partial charge in [0.1, 0.15) is 11.5 Å². The minimum Gasteiger partial charge on any atom is -0.457 e. The summed E-state index contributed by atoms with van der Waals surface area (Å²) in [5, 5.41) is 37.8. The summed E-state index contributed by atoms with van der Waals surface area (Å²) >= 11 is 0. The van der Waals surface area contributed by atoms with E-state index in [1.807, 2.05) is 30.3 Å². The lowest BCUT2D eigenvalue weighted by atomic mass is 10.0. The SMILES string of the molecule is CCCNCNCCCNc1cc(C)cc(-c2ccc(CNCCCNCCCN)cc2)c1.CCCNCNCCCNc1cc(C)cc(-c2ccccc2)c1.CCCNCNCCCNc1cc(C)cc(Oc2ccccc2)c1. The van der Waals surface area contributed by atoms with Crippen LogP contribution in [-0.4, -0.2) is 105 Å². The van der Waals surface area contributed by atoms with Crippen LogP contribution < -0.4 is 69.0 Å². The molecule has 0 spiro atoms. The van der Waals surface area contributed by atoms with Gasteiger partial charge in [-0.05, 0) is 231 Å². The van der Waals surface area contributed by atoms with Gasteiger partial charge in [-0.1, -0.05) is 106 Å². The first-order chi connectivity index (χ1) is 39.3. The number of ether oxygens (including phenoxy) is 1. The van der Waals surface area contributed by atoms with Gasteiger partial charge in [0.05, 0.1) is 0 Å². The van der Waals surface area contributed by atoms with Crippen LogP contribution in [0.4, 0.5) is 17.1 Å². The van der Waals surface area contributed by atoms with Crippen LogP contribution in [0.25, 0.3) is 22.3 Å². The van der Waals surface area contributed by atoms with Crippen molar-refractivity contribution >= 4 is 17.1 Å². The van der Waals surface area contributed by atoms with Gasteiger partial charge in [0, 0.05) is 69.3 Å². The van der Waals surface area contributed by atoms with Crippen LogP contribution in [0.5, 0.6) is 11.5 Å². The Hall–Kier alpha value is -5.84. The molecule has 0 aromatic heterocycles. The van der Waals surface area contributed by atoms with E-state index >= 15 is 0 Å². The second kappa shape index (κ2) is 43.9. The van der Waals surface area contributed by atoms with Gasteiger partial charge < -0.3 is 69.0 Å². The number of rotatable bonds is 40. The molecule has 0 unspecified atom stereocenters. The molecule has 13 nitrogen and oxygen atoms in total. The summed E-state index contributed by atoms with van der Waals surface area (Å²) in [6.45, 7) is 29.5. The lowest BCUT2D eigenvalue weighted by molar-refractivity contribution is 0.482. The number of hydrogen-bond donors (Lipinski definition) is 12. The molecule has 0 atom stereocenters. The molecule has 6 rings (SSSR count). The molecule has 0 bridgehead atoms. The summed E-state index contributed by atoms with van der Waals surface area (Å²) < 4.78 is 5.92. The van der Waals surface area contributed by atoms with Crippen molar-refractivity contribution in [3.05, 3.63) is 162 Å². The maximum absolute atomic E-state index is 5.92. The van der Waals surface area contributed by atoms with Crippen molar-refractivity contribution in [1.29, 1.82) is 0 Å². The zero-order chi connectivity index (χ0) is 56.9. The van der Waals surface area contributed by atoms with E-state index in [9.17, 15) is 0 Å². The highest BCUT2D eigenvalue weighted by atomic mass is 16.5. The molecule has 80 heavy (non-hydrogen) atoms. The minimum absolute atomic E-state index is 0.761. The second-order valence-corrected chi connectivity index (χ2v) is 20.5. The van der Waals surface area contributed by atoms with Gasteiger partial charge in [-0.2, -0.15) is 0 Å². The Labute approximate surface area is 484 Å². The van der Waals surface area contributed by atoms with Gasteiger partial charge in [0.15, 0.2) is 0 Å². The van der Waals surface area contributed by atoms with Crippen molar-refractivity contribution in [2.75, 3.05) is 121 Å². The number of hydrogen-bond acceptors (Lipinski definition) is 13. The van der Waals surface area contributed by atoms with Crippen molar-refractivity contribution in [1.82, 2.24) is 42.5 Å². The second-order valence-electron chi connectivity index (χ2n) is 20.5. The Morgan fingerprint density at radius 2 is 0.738 bits per heavy atom. The van der Waals surface area contributed by atoms with Gasteiger partial charge >= 0.3 is 0 Å². The molecule has 0 saturated heterocycles. The van der Waals surface area contributed by atoms with Gasteiger partial charge in [-0.15, -0.1) is 0 Å². The molecule has 0 heterocycles. The van der Waals surface area contributed by atoms with E-state index in [2.05, 4.69) is 209 Å². The van der Waals surface area contributed by atoms with Gasteiger partial charge in [-0.25, -0.2) is 0 Å². The fraction of sp³-hybridized carbons (Fsp3) is 0.463. The molecule has 13 N–H and O–H groups in total. The summed E-state index contributed by atoms with van der Waals surface area (Å²) in [6.07, 6.45) is 9.00. The highest BCUT2D eigenvalue weighted by molar-refractivity contribution is 5.70. The first-order valence-corrected chi connectivity index (χ1v) is 30.1. The first kappa shape index (κ1) is 66.7.